The molecular weight excluding hydrogens is 490 g/mol. The van der Waals surface area contributed by atoms with E-state index in [0.29, 0.717) is 18.6 Å². The molecule has 1 heterocycles. The van der Waals surface area contributed by atoms with Crippen molar-refractivity contribution in [3.05, 3.63) is 64.7 Å². The van der Waals surface area contributed by atoms with Gasteiger partial charge in [0.15, 0.2) is 0 Å². The van der Waals surface area contributed by atoms with Gasteiger partial charge in [0.2, 0.25) is 17.7 Å². The van der Waals surface area contributed by atoms with Crippen LogP contribution in [0.5, 0.6) is 5.75 Å². The minimum Gasteiger partial charge on any atom is -0.497 e. The first-order valence-corrected chi connectivity index (χ1v) is 14.2. The standard InChI is InChI=1S/C32H43N3O4/c1-7-20(2)29(36)34-28(32(3,4)5)31(38)35-19-23-17-24(39-6)16-15-22(23)18-27(35)30(37)33-26-14-10-12-21-11-8-9-13-25(21)26/h8-9,11,13,15-17,20,26-28H,7,10,12,14,18-19H2,1-6H3,(H,33,37)(H,34,36)/t20-,26?,27?,28-/m1/s1. The van der Waals surface area contributed by atoms with Crippen LogP contribution in [0.25, 0.3) is 0 Å². The smallest absolute Gasteiger partial charge is 0.246 e. The summed E-state index contributed by atoms with van der Waals surface area (Å²) in [7, 11) is 1.62. The minimum atomic E-state index is -0.767. The largest absolute Gasteiger partial charge is 0.497 e. The molecule has 4 rings (SSSR count). The number of methoxy groups -OCH3 is 1. The Morgan fingerprint density at radius 1 is 1.08 bits per heavy atom. The lowest BCUT2D eigenvalue weighted by atomic mass is 9.83. The van der Waals surface area contributed by atoms with Crippen molar-refractivity contribution in [3.63, 3.8) is 0 Å². The number of amides is 3. The summed E-state index contributed by atoms with van der Waals surface area (Å²) in [6.07, 6.45) is 3.97. The van der Waals surface area contributed by atoms with Crippen molar-refractivity contribution in [2.45, 2.75) is 91.4 Å². The van der Waals surface area contributed by atoms with Crippen molar-refractivity contribution in [3.8, 4) is 5.75 Å². The molecule has 0 spiro atoms. The van der Waals surface area contributed by atoms with Crippen molar-refractivity contribution >= 4 is 17.7 Å². The van der Waals surface area contributed by atoms with Gasteiger partial charge in [-0.15, -0.1) is 0 Å². The second kappa shape index (κ2) is 11.8. The monoisotopic (exact) mass is 533 g/mol. The molecule has 1 aliphatic carbocycles. The predicted octanol–water partition coefficient (Wildman–Crippen LogP) is 4.72. The number of nitrogens with zero attached hydrogens (tertiary/aromatic N) is 1. The van der Waals surface area contributed by atoms with Gasteiger partial charge in [-0.3, -0.25) is 14.4 Å². The van der Waals surface area contributed by atoms with Crippen molar-refractivity contribution in [1.82, 2.24) is 15.5 Å². The predicted molar refractivity (Wildman–Crippen MR) is 152 cm³/mol. The molecule has 2 unspecified atom stereocenters. The van der Waals surface area contributed by atoms with Gasteiger partial charge in [-0.1, -0.05) is 65.0 Å². The maximum absolute atomic E-state index is 14.3. The number of carbonyl (C=O) groups excluding carboxylic acids is 3. The molecule has 2 aliphatic rings. The van der Waals surface area contributed by atoms with Crippen molar-refractivity contribution < 1.29 is 19.1 Å². The molecule has 0 saturated heterocycles. The second-order valence-electron chi connectivity index (χ2n) is 12.1. The second-order valence-corrected chi connectivity index (χ2v) is 12.1. The Morgan fingerprint density at radius 2 is 1.82 bits per heavy atom. The van der Waals surface area contributed by atoms with Crippen LogP contribution in [-0.2, 0) is 33.8 Å². The molecule has 4 atom stereocenters. The van der Waals surface area contributed by atoms with Crippen LogP contribution in [0.4, 0.5) is 0 Å². The van der Waals surface area contributed by atoms with Gasteiger partial charge in [0.1, 0.15) is 17.8 Å². The summed E-state index contributed by atoms with van der Waals surface area (Å²) in [6, 6.07) is 12.5. The summed E-state index contributed by atoms with van der Waals surface area (Å²) in [6.45, 7) is 9.93. The minimum absolute atomic E-state index is 0.0832. The first kappa shape index (κ1) is 28.7. The maximum atomic E-state index is 14.3. The lowest BCUT2D eigenvalue weighted by Gasteiger charge is -2.41. The van der Waals surface area contributed by atoms with Crippen molar-refractivity contribution in [1.29, 1.82) is 0 Å². The zero-order valence-corrected chi connectivity index (χ0v) is 24.2. The van der Waals surface area contributed by atoms with Crippen LogP contribution >= 0.6 is 0 Å². The van der Waals surface area contributed by atoms with E-state index >= 15 is 0 Å². The lowest BCUT2D eigenvalue weighted by molar-refractivity contribution is -0.147. The first-order valence-electron chi connectivity index (χ1n) is 14.2. The van der Waals surface area contributed by atoms with E-state index < -0.39 is 17.5 Å². The number of rotatable bonds is 7. The molecule has 7 nitrogen and oxygen atoms in total. The molecule has 0 saturated carbocycles. The van der Waals surface area contributed by atoms with Gasteiger partial charge in [-0.05, 0) is 65.5 Å². The third kappa shape index (κ3) is 6.29. The van der Waals surface area contributed by atoms with Gasteiger partial charge in [-0.2, -0.15) is 0 Å². The highest BCUT2D eigenvalue weighted by molar-refractivity contribution is 5.93. The van der Waals surface area contributed by atoms with Gasteiger partial charge in [0.25, 0.3) is 0 Å². The number of hydrogen-bond donors (Lipinski definition) is 2. The van der Waals surface area contributed by atoms with Crippen LogP contribution in [0.2, 0.25) is 0 Å². The number of nitrogens with one attached hydrogen (secondary N) is 2. The Kier molecular flexibility index (Phi) is 8.67. The Balaban J connectivity index is 1.66. The topological polar surface area (TPSA) is 87.7 Å². The highest BCUT2D eigenvalue weighted by Gasteiger charge is 2.42. The number of carbonyl (C=O) groups is 3. The van der Waals surface area contributed by atoms with E-state index in [1.165, 1.54) is 5.56 Å². The van der Waals surface area contributed by atoms with Gasteiger partial charge < -0.3 is 20.3 Å². The molecule has 210 valence electrons. The molecule has 0 radical (unpaired) electrons. The van der Waals surface area contributed by atoms with Crippen LogP contribution < -0.4 is 15.4 Å². The van der Waals surface area contributed by atoms with E-state index in [2.05, 4.69) is 22.8 Å². The van der Waals surface area contributed by atoms with E-state index in [0.717, 1.165) is 36.0 Å². The van der Waals surface area contributed by atoms with E-state index in [4.69, 9.17) is 4.74 Å². The number of ether oxygens (including phenoxy) is 1. The molecule has 39 heavy (non-hydrogen) atoms. The summed E-state index contributed by atoms with van der Waals surface area (Å²) < 4.78 is 5.44. The first-order chi connectivity index (χ1) is 18.5. The van der Waals surface area contributed by atoms with E-state index in [1.54, 1.807) is 12.0 Å². The molecule has 0 fully saturated rings. The van der Waals surface area contributed by atoms with Crippen LogP contribution in [0.15, 0.2) is 42.5 Å². The molecule has 0 bridgehead atoms. The summed E-state index contributed by atoms with van der Waals surface area (Å²) in [4.78, 5) is 42.8. The number of aryl methyl sites for hydroxylation is 1. The van der Waals surface area contributed by atoms with Crippen LogP contribution in [0, 0.1) is 11.3 Å². The van der Waals surface area contributed by atoms with Gasteiger partial charge in [0.05, 0.1) is 13.2 Å². The van der Waals surface area contributed by atoms with Crippen LogP contribution in [0.1, 0.15) is 82.2 Å². The third-order valence-corrected chi connectivity index (χ3v) is 8.27. The molecule has 2 aromatic rings. The quantitative estimate of drug-likeness (QED) is 0.539. The highest BCUT2D eigenvalue weighted by Crippen LogP contribution is 2.33. The molecule has 2 N–H and O–H groups in total. The highest BCUT2D eigenvalue weighted by atomic mass is 16.5. The SMILES string of the molecule is CC[C@@H](C)C(=O)N[C@H](C(=O)N1Cc2cc(OC)ccc2CC1C(=O)NC1CCCc2ccccc21)C(C)(C)C. The van der Waals surface area contributed by atoms with Crippen LogP contribution in [-0.4, -0.2) is 41.8 Å². The van der Waals surface area contributed by atoms with Crippen molar-refractivity contribution in [2.24, 2.45) is 11.3 Å². The van der Waals surface area contributed by atoms with Gasteiger partial charge in [-0.25, -0.2) is 0 Å². The summed E-state index contributed by atoms with van der Waals surface area (Å²) in [5.74, 6) is -0.0475. The fraction of sp³-hybridized carbons (Fsp3) is 0.531. The Bertz CT molecular complexity index is 1220. The zero-order chi connectivity index (χ0) is 28.3. The molecule has 0 aromatic heterocycles. The lowest BCUT2D eigenvalue weighted by Crippen LogP contribution is -2.61. The fourth-order valence-corrected chi connectivity index (χ4v) is 5.61. The van der Waals surface area contributed by atoms with Crippen molar-refractivity contribution in [2.75, 3.05) is 7.11 Å². The summed E-state index contributed by atoms with van der Waals surface area (Å²) in [5, 5.41) is 6.30. The molecule has 2 aromatic carbocycles. The Hall–Kier alpha value is -3.35. The van der Waals surface area contributed by atoms with Crippen LogP contribution in [0.3, 0.4) is 0 Å². The Morgan fingerprint density at radius 3 is 2.51 bits per heavy atom. The van der Waals surface area contributed by atoms with Gasteiger partial charge >= 0.3 is 0 Å². The summed E-state index contributed by atoms with van der Waals surface area (Å²) >= 11 is 0. The average molecular weight is 534 g/mol. The average Bonchev–Trinajstić information content (AvgIpc) is 2.93. The maximum Gasteiger partial charge on any atom is 0.246 e. The van der Waals surface area contributed by atoms with E-state index in [1.807, 2.05) is 65.0 Å². The molecule has 7 heteroatoms. The van der Waals surface area contributed by atoms with Gasteiger partial charge in [0, 0.05) is 18.9 Å². The molecular formula is C32H43N3O4. The summed E-state index contributed by atoms with van der Waals surface area (Å²) in [5.41, 5.74) is 3.86. The van der Waals surface area contributed by atoms with E-state index in [-0.39, 0.29) is 36.2 Å². The molecule has 1 aliphatic heterocycles. The number of fused-ring (bicyclic) bond motifs is 2. The number of benzene rings is 2. The fourth-order valence-electron chi connectivity index (χ4n) is 5.61. The zero-order valence-electron chi connectivity index (χ0n) is 24.2. The Labute approximate surface area is 232 Å². The third-order valence-electron chi connectivity index (χ3n) is 8.27. The molecule has 3 amide bonds. The normalized spacial score (nSPS) is 20.2. The number of hydrogen-bond acceptors (Lipinski definition) is 4. The van der Waals surface area contributed by atoms with E-state index in [9.17, 15) is 14.4 Å².